The smallest absolute Gasteiger partial charge is 0.191 e. The number of methoxy groups -OCH3 is 1. The molecule has 0 saturated heterocycles. The Kier molecular flexibility index (Phi) is 9.08. The Bertz CT molecular complexity index is 482. The first-order valence-corrected chi connectivity index (χ1v) is 8.33. The molecule has 1 unspecified atom stereocenters. The Morgan fingerprint density at radius 2 is 2.23 bits per heavy atom. The molecule has 0 radical (unpaired) electrons. The van der Waals surface area contributed by atoms with Crippen LogP contribution in [0.25, 0.3) is 0 Å². The van der Waals surface area contributed by atoms with E-state index in [1.807, 2.05) is 26.0 Å². The molecule has 1 atom stereocenters. The van der Waals surface area contributed by atoms with E-state index in [-0.39, 0.29) is 11.9 Å². The number of benzene rings is 1. The molecule has 0 bridgehead atoms. The van der Waals surface area contributed by atoms with E-state index in [9.17, 15) is 4.39 Å². The predicted octanol–water partition coefficient (Wildman–Crippen LogP) is 3.11. The van der Waals surface area contributed by atoms with Gasteiger partial charge in [-0.05, 0) is 44.4 Å². The quantitative estimate of drug-likeness (QED) is 0.418. The second-order valence-corrected chi connectivity index (χ2v) is 6.02. The molecule has 1 aromatic carbocycles. The first-order chi connectivity index (χ1) is 10.6. The molecule has 2 N–H and O–H groups in total. The zero-order valence-corrected chi connectivity index (χ0v) is 15.0. The molecule has 22 heavy (non-hydrogen) atoms. The minimum absolute atomic E-state index is 0.169. The van der Waals surface area contributed by atoms with E-state index in [1.165, 1.54) is 6.07 Å². The van der Waals surface area contributed by atoms with Crippen LogP contribution in [0, 0.1) is 5.82 Å². The van der Waals surface area contributed by atoms with Crippen molar-refractivity contribution in [3.8, 4) is 0 Å². The van der Waals surface area contributed by atoms with Gasteiger partial charge in [0.1, 0.15) is 5.82 Å². The topological polar surface area (TPSA) is 45.7 Å². The van der Waals surface area contributed by atoms with E-state index in [0.29, 0.717) is 19.6 Å². The van der Waals surface area contributed by atoms with Gasteiger partial charge in [0, 0.05) is 30.7 Å². The van der Waals surface area contributed by atoms with Crippen LogP contribution in [-0.2, 0) is 11.2 Å². The molecular formula is C16H25BrFN3O. The van der Waals surface area contributed by atoms with E-state index in [2.05, 4.69) is 31.6 Å². The number of guanidine groups is 1. The van der Waals surface area contributed by atoms with Crippen molar-refractivity contribution in [2.24, 2.45) is 4.99 Å². The highest BCUT2D eigenvalue weighted by molar-refractivity contribution is 9.10. The summed E-state index contributed by atoms with van der Waals surface area (Å²) in [4.78, 5) is 4.51. The van der Waals surface area contributed by atoms with Gasteiger partial charge in [-0.1, -0.05) is 22.0 Å². The number of rotatable bonds is 8. The van der Waals surface area contributed by atoms with E-state index >= 15 is 0 Å². The van der Waals surface area contributed by atoms with Crippen LogP contribution in [0.3, 0.4) is 0 Å². The van der Waals surface area contributed by atoms with E-state index in [4.69, 9.17) is 4.74 Å². The number of nitrogens with one attached hydrogen (secondary N) is 2. The van der Waals surface area contributed by atoms with Crippen LogP contribution in [0.5, 0.6) is 0 Å². The van der Waals surface area contributed by atoms with Crippen molar-refractivity contribution in [3.63, 3.8) is 0 Å². The van der Waals surface area contributed by atoms with E-state index in [1.54, 1.807) is 7.11 Å². The molecule has 1 aromatic rings. The molecule has 0 fully saturated rings. The summed E-state index contributed by atoms with van der Waals surface area (Å²) in [6.45, 7) is 6.12. The number of ether oxygens (including phenoxy) is 1. The molecule has 124 valence electrons. The molecule has 0 aliphatic rings. The number of aliphatic imine (C=N–C) groups is 1. The lowest BCUT2D eigenvalue weighted by atomic mass is 10.1. The number of nitrogens with zero attached hydrogens (tertiary/aromatic N) is 1. The molecule has 0 aromatic heterocycles. The fraction of sp³-hybridized carbons (Fsp3) is 0.562. The number of halogens is 2. The second-order valence-electron chi connectivity index (χ2n) is 5.10. The lowest BCUT2D eigenvalue weighted by molar-refractivity contribution is 0.179. The minimum atomic E-state index is -0.169. The number of hydrogen-bond donors (Lipinski definition) is 2. The Balaban J connectivity index is 2.46. The number of aryl methyl sites for hydroxylation is 1. The molecule has 0 aliphatic heterocycles. The van der Waals surface area contributed by atoms with E-state index in [0.717, 1.165) is 29.0 Å². The van der Waals surface area contributed by atoms with Crippen molar-refractivity contribution >= 4 is 21.9 Å². The van der Waals surface area contributed by atoms with Gasteiger partial charge in [-0.2, -0.15) is 0 Å². The average Bonchev–Trinajstić information content (AvgIpc) is 2.45. The standard InChI is InChI=1S/C16H25BrFN3O/c1-4-19-16(21-12(2)11-22-3)20-9-5-6-13-7-8-14(17)10-15(13)18/h7-8,10,12H,4-6,9,11H2,1-3H3,(H2,19,20,21). The summed E-state index contributed by atoms with van der Waals surface area (Å²) in [5.41, 5.74) is 0.726. The van der Waals surface area contributed by atoms with Crippen LogP contribution in [0.15, 0.2) is 27.7 Å². The van der Waals surface area contributed by atoms with Crippen LogP contribution in [0.1, 0.15) is 25.8 Å². The molecule has 0 amide bonds. The summed E-state index contributed by atoms with van der Waals surface area (Å²) in [6, 6.07) is 5.36. The van der Waals surface area contributed by atoms with Gasteiger partial charge in [-0.15, -0.1) is 0 Å². The highest BCUT2D eigenvalue weighted by Crippen LogP contribution is 2.16. The molecule has 0 heterocycles. The molecule has 0 aliphatic carbocycles. The monoisotopic (exact) mass is 373 g/mol. The van der Waals surface area contributed by atoms with Gasteiger partial charge in [0.25, 0.3) is 0 Å². The third-order valence-corrected chi connectivity index (χ3v) is 3.53. The summed E-state index contributed by atoms with van der Waals surface area (Å²) in [5.74, 6) is 0.598. The first-order valence-electron chi connectivity index (χ1n) is 7.54. The third-order valence-electron chi connectivity index (χ3n) is 3.03. The second kappa shape index (κ2) is 10.6. The van der Waals surface area contributed by atoms with Gasteiger partial charge >= 0.3 is 0 Å². The lowest BCUT2D eigenvalue weighted by Crippen LogP contribution is -2.44. The number of hydrogen-bond acceptors (Lipinski definition) is 2. The molecule has 0 saturated carbocycles. The van der Waals surface area contributed by atoms with Gasteiger partial charge in [0.15, 0.2) is 5.96 Å². The fourth-order valence-electron chi connectivity index (χ4n) is 2.03. The first kappa shape index (κ1) is 18.9. The summed E-state index contributed by atoms with van der Waals surface area (Å²) < 4.78 is 19.6. The summed E-state index contributed by atoms with van der Waals surface area (Å²) in [6.07, 6.45) is 1.48. The van der Waals surface area contributed by atoms with Crippen molar-refractivity contribution in [1.82, 2.24) is 10.6 Å². The van der Waals surface area contributed by atoms with Crippen LogP contribution >= 0.6 is 15.9 Å². The Hall–Kier alpha value is -1.14. The van der Waals surface area contributed by atoms with Gasteiger partial charge < -0.3 is 15.4 Å². The van der Waals surface area contributed by atoms with Crippen LogP contribution in [-0.4, -0.2) is 38.8 Å². The lowest BCUT2D eigenvalue weighted by Gasteiger charge is -2.16. The van der Waals surface area contributed by atoms with Crippen molar-refractivity contribution in [1.29, 1.82) is 0 Å². The predicted molar refractivity (Wildman–Crippen MR) is 92.9 cm³/mol. The molecule has 4 nitrogen and oxygen atoms in total. The van der Waals surface area contributed by atoms with Gasteiger partial charge in [-0.3, -0.25) is 4.99 Å². The van der Waals surface area contributed by atoms with Crippen molar-refractivity contribution < 1.29 is 9.13 Å². The summed E-state index contributed by atoms with van der Waals surface area (Å²) in [7, 11) is 1.68. The van der Waals surface area contributed by atoms with Gasteiger partial charge in [-0.25, -0.2) is 4.39 Å². The largest absolute Gasteiger partial charge is 0.383 e. The third kappa shape index (κ3) is 7.22. The maximum absolute atomic E-state index is 13.7. The average molecular weight is 374 g/mol. The van der Waals surface area contributed by atoms with Gasteiger partial charge in [0.2, 0.25) is 0 Å². The van der Waals surface area contributed by atoms with Crippen LogP contribution < -0.4 is 10.6 Å². The maximum atomic E-state index is 13.7. The van der Waals surface area contributed by atoms with Gasteiger partial charge in [0.05, 0.1) is 6.61 Å². The normalized spacial score (nSPS) is 13.0. The molecular weight excluding hydrogens is 349 g/mol. The van der Waals surface area contributed by atoms with Crippen LogP contribution in [0.4, 0.5) is 4.39 Å². The maximum Gasteiger partial charge on any atom is 0.191 e. The Labute approximate surface area is 140 Å². The van der Waals surface area contributed by atoms with E-state index < -0.39 is 0 Å². The Morgan fingerprint density at radius 1 is 1.45 bits per heavy atom. The van der Waals surface area contributed by atoms with Crippen LogP contribution in [0.2, 0.25) is 0 Å². The van der Waals surface area contributed by atoms with Crippen molar-refractivity contribution in [2.75, 3.05) is 26.8 Å². The molecule has 0 spiro atoms. The zero-order chi connectivity index (χ0) is 16.4. The highest BCUT2D eigenvalue weighted by atomic mass is 79.9. The summed E-state index contributed by atoms with van der Waals surface area (Å²) in [5, 5.41) is 6.46. The fourth-order valence-corrected chi connectivity index (χ4v) is 2.36. The minimum Gasteiger partial charge on any atom is -0.383 e. The molecule has 1 rings (SSSR count). The van der Waals surface area contributed by atoms with Crippen molar-refractivity contribution in [3.05, 3.63) is 34.1 Å². The summed E-state index contributed by atoms with van der Waals surface area (Å²) >= 11 is 3.26. The highest BCUT2D eigenvalue weighted by Gasteiger charge is 2.05. The van der Waals surface area contributed by atoms with Crippen molar-refractivity contribution in [2.45, 2.75) is 32.7 Å². The molecule has 6 heteroatoms. The Morgan fingerprint density at radius 3 is 2.86 bits per heavy atom. The SMILES string of the molecule is CCNC(=NCCCc1ccc(Br)cc1F)NC(C)COC. The zero-order valence-electron chi connectivity index (χ0n) is 13.5.